The molecule has 0 aliphatic heterocycles. The number of urea groups is 1. The maximum atomic E-state index is 13.5. The third kappa shape index (κ3) is 5.91. The Kier molecular flexibility index (Phi) is 6.61. The highest BCUT2D eigenvalue weighted by Gasteiger charge is 2.08. The third-order valence-electron chi connectivity index (χ3n) is 3.82. The molecular formula is C19H23FN2O2. The fourth-order valence-corrected chi connectivity index (χ4v) is 2.40. The molecule has 0 aromatic heterocycles. The van der Waals surface area contributed by atoms with E-state index in [0.717, 1.165) is 18.4 Å². The lowest BCUT2D eigenvalue weighted by Gasteiger charge is -2.15. The number of amides is 2. The predicted molar refractivity (Wildman–Crippen MR) is 92.5 cm³/mol. The summed E-state index contributed by atoms with van der Waals surface area (Å²) in [6, 6.07) is 13.4. The van der Waals surface area contributed by atoms with Gasteiger partial charge in [0.1, 0.15) is 11.6 Å². The quantitative estimate of drug-likeness (QED) is 0.729. The molecule has 2 rings (SSSR count). The monoisotopic (exact) mass is 330 g/mol. The van der Waals surface area contributed by atoms with Gasteiger partial charge in [0.25, 0.3) is 0 Å². The van der Waals surface area contributed by atoms with Gasteiger partial charge in [-0.1, -0.05) is 30.3 Å². The van der Waals surface area contributed by atoms with Crippen molar-refractivity contribution in [3.8, 4) is 5.75 Å². The number of phenols is 1. The molecule has 4 nitrogen and oxygen atoms in total. The second-order valence-electron chi connectivity index (χ2n) is 5.85. The van der Waals surface area contributed by atoms with Crippen LogP contribution in [0.2, 0.25) is 0 Å². The molecule has 0 saturated heterocycles. The van der Waals surface area contributed by atoms with Crippen LogP contribution < -0.4 is 10.6 Å². The number of aromatic hydroxyl groups is 1. The van der Waals surface area contributed by atoms with Gasteiger partial charge in [0, 0.05) is 12.6 Å². The number of carbonyl (C=O) groups is 1. The van der Waals surface area contributed by atoms with E-state index >= 15 is 0 Å². The van der Waals surface area contributed by atoms with E-state index in [1.165, 1.54) is 6.07 Å². The highest BCUT2D eigenvalue weighted by atomic mass is 19.1. The zero-order valence-corrected chi connectivity index (χ0v) is 13.8. The molecule has 0 radical (unpaired) electrons. The van der Waals surface area contributed by atoms with E-state index in [0.29, 0.717) is 18.5 Å². The fraction of sp³-hybridized carbons (Fsp3) is 0.316. The van der Waals surface area contributed by atoms with E-state index in [4.69, 9.17) is 0 Å². The average Bonchev–Trinajstić information content (AvgIpc) is 2.56. The molecule has 2 amide bonds. The summed E-state index contributed by atoms with van der Waals surface area (Å²) in [6.07, 6.45) is 2.07. The summed E-state index contributed by atoms with van der Waals surface area (Å²) < 4.78 is 13.5. The van der Waals surface area contributed by atoms with Crippen LogP contribution in [0.4, 0.5) is 9.18 Å². The van der Waals surface area contributed by atoms with Gasteiger partial charge in [0.2, 0.25) is 0 Å². The van der Waals surface area contributed by atoms with Crippen molar-refractivity contribution >= 4 is 6.03 Å². The van der Waals surface area contributed by atoms with Gasteiger partial charge < -0.3 is 15.7 Å². The lowest BCUT2D eigenvalue weighted by Crippen LogP contribution is -2.41. The van der Waals surface area contributed by atoms with E-state index in [1.54, 1.807) is 30.3 Å². The minimum absolute atomic E-state index is 0.0206. The Balaban J connectivity index is 1.66. The predicted octanol–water partition coefficient (Wildman–Crippen LogP) is 3.39. The van der Waals surface area contributed by atoms with E-state index in [1.807, 2.05) is 19.1 Å². The van der Waals surface area contributed by atoms with E-state index < -0.39 is 0 Å². The van der Waals surface area contributed by atoms with Gasteiger partial charge >= 0.3 is 6.03 Å². The van der Waals surface area contributed by atoms with Crippen LogP contribution in [0.5, 0.6) is 5.75 Å². The Morgan fingerprint density at radius 1 is 1.12 bits per heavy atom. The third-order valence-corrected chi connectivity index (χ3v) is 3.82. The van der Waals surface area contributed by atoms with Crippen molar-refractivity contribution in [3.05, 3.63) is 65.5 Å². The van der Waals surface area contributed by atoms with Gasteiger partial charge in [-0.15, -0.1) is 0 Å². The minimum Gasteiger partial charge on any atom is -0.508 e. The van der Waals surface area contributed by atoms with Gasteiger partial charge in [0.15, 0.2) is 0 Å². The Morgan fingerprint density at radius 2 is 1.83 bits per heavy atom. The Morgan fingerprint density at radius 3 is 2.54 bits per heavy atom. The number of nitrogens with one attached hydrogen (secondary N) is 2. The van der Waals surface area contributed by atoms with Crippen molar-refractivity contribution in [3.63, 3.8) is 0 Å². The molecule has 2 aromatic carbocycles. The molecule has 2 aromatic rings. The van der Waals surface area contributed by atoms with Gasteiger partial charge in [-0.05, 0) is 55.5 Å². The van der Waals surface area contributed by atoms with Crippen LogP contribution in [0.15, 0.2) is 48.5 Å². The molecule has 0 bridgehead atoms. The first-order valence-corrected chi connectivity index (χ1v) is 8.10. The molecule has 1 unspecified atom stereocenters. The normalized spacial score (nSPS) is 11.8. The summed E-state index contributed by atoms with van der Waals surface area (Å²) >= 11 is 0. The molecule has 5 heteroatoms. The minimum atomic E-state index is -0.248. The zero-order valence-electron chi connectivity index (χ0n) is 13.8. The number of hydrogen-bond donors (Lipinski definition) is 3. The highest BCUT2D eigenvalue weighted by Crippen LogP contribution is 2.12. The summed E-state index contributed by atoms with van der Waals surface area (Å²) in [5.74, 6) is 0.00104. The maximum Gasteiger partial charge on any atom is 0.315 e. The fourth-order valence-electron chi connectivity index (χ4n) is 2.40. The lowest BCUT2D eigenvalue weighted by atomic mass is 10.1. The molecule has 0 saturated carbocycles. The molecule has 0 fully saturated rings. The molecule has 0 spiro atoms. The topological polar surface area (TPSA) is 61.4 Å². The number of carbonyl (C=O) groups excluding carboxylic acids is 1. The first kappa shape index (κ1) is 17.8. The van der Waals surface area contributed by atoms with Crippen LogP contribution in [0.1, 0.15) is 24.5 Å². The first-order valence-electron chi connectivity index (χ1n) is 8.10. The molecule has 3 N–H and O–H groups in total. The second kappa shape index (κ2) is 8.91. The largest absolute Gasteiger partial charge is 0.508 e. The van der Waals surface area contributed by atoms with Crippen molar-refractivity contribution in [1.82, 2.24) is 10.6 Å². The standard InChI is InChI=1S/C19H23FN2O2/c1-14(6-7-15-8-10-17(23)11-9-15)22-19(24)21-13-12-16-4-2-3-5-18(16)20/h2-5,8-11,14,23H,6-7,12-13H2,1H3,(H2,21,22,24). The SMILES string of the molecule is CC(CCc1ccc(O)cc1)NC(=O)NCCc1ccccc1F. The zero-order chi connectivity index (χ0) is 17.4. The Hall–Kier alpha value is -2.56. The molecule has 128 valence electrons. The Bertz CT molecular complexity index is 659. The van der Waals surface area contributed by atoms with Crippen LogP contribution in [-0.4, -0.2) is 23.7 Å². The molecule has 0 aliphatic rings. The molecule has 24 heavy (non-hydrogen) atoms. The van der Waals surface area contributed by atoms with Crippen molar-refractivity contribution < 1.29 is 14.3 Å². The van der Waals surface area contributed by atoms with Gasteiger partial charge in [-0.3, -0.25) is 0 Å². The van der Waals surface area contributed by atoms with E-state index in [-0.39, 0.29) is 23.6 Å². The van der Waals surface area contributed by atoms with Crippen molar-refractivity contribution in [1.29, 1.82) is 0 Å². The summed E-state index contributed by atoms with van der Waals surface area (Å²) in [5, 5.41) is 14.9. The molecule has 0 heterocycles. The summed E-state index contributed by atoms with van der Waals surface area (Å²) in [5.41, 5.74) is 1.71. The van der Waals surface area contributed by atoms with E-state index in [2.05, 4.69) is 10.6 Å². The van der Waals surface area contributed by atoms with Gasteiger partial charge in [0.05, 0.1) is 0 Å². The smallest absolute Gasteiger partial charge is 0.315 e. The van der Waals surface area contributed by atoms with Crippen LogP contribution >= 0.6 is 0 Å². The number of phenolic OH excluding ortho intramolecular Hbond substituents is 1. The Labute approximate surface area is 141 Å². The van der Waals surface area contributed by atoms with Crippen molar-refractivity contribution in [2.45, 2.75) is 32.2 Å². The number of aryl methyl sites for hydroxylation is 1. The van der Waals surface area contributed by atoms with Crippen LogP contribution in [0, 0.1) is 5.82 Å². The van der Waals surface area contributed by atoms with Gasteiger partial charge in [-0.2, -0.15) is 0 Å². The second-order valence-corrected chi connectivity index (χ2v) is 5.85. The van der Waals surface area contributed by atoms with Gasteiger partial charge in [-0.25, -0.2) is 9.18 Å². The van der Waals surface area contributed by atoms with Crippen LogP contribution in [-0.2, 0) is 12.8 Å². The van der Waals surface area contributed by atoms with Crippen LogP contribution in [0.3, 0.4) is 0 Å². The van der Waals surface area contributed by atoms with Crippen LogP contribution in [0.25, 0.3) is 0 Å². The summed E-state index contributed by atoms with van der Waals surface area (Å²) in [7, 11) is 0. The van der Waals surface area contributed by atoms with Crippen molar-refractivity contribution in [2.75, 3.05) is 6.54 Å². The molecule has 1 atom stereocenters. The number of rotatable bonds is 7. The molecule has 0 aliphatic carbocycles. The highest BCUT2D eigenvalue weighted by molar-refractivity contribution is 5.74. The average molecular weight is 330 g/mol. The summed E-state index contributed by atoms with van der Waals surface area (Å²) in [6.45, 7) is 2.33. The maximum absolute atomic E-state index is 13.5. The van der Waals surface area contributed by atoms with E-state index in [9.17, 15) is 14.3 Å². The lowest BCUT2D eigenvalue weighted by molar-refractivity contribution is 0.237. The first-order chi connectivity index (χ1) is 11.5. The number of hydrogen-bond acceptors (Lipinski definition) is 2. The number of halogens is 1. The van der Waals surface area contributed by atoms with Crippen molar-refractivity contribution in [2.24, 2.45) is 0 Å². The summed E-state index contributed by atoms with van der Waals surface area (Å²) in [4.78, 5) is 11.8. The molecular weight excluding hydrogens is 307 g/mol. The number of benzene rings is 2.